The summed E-state index contributed by atoms with van der Waals surface area (Å²) in [5.74, 6) is 0.683. The summed E-state index contributed by atoms with van der Waals surface area (Å²) in [7, 11) is -3.44. The van der Waals surface area contributed by atoms with Gasteiger partial charge in [0, 0.05) is 17.9 Å². The van der Waals surface area contributed by atoms with E-state index in [4.69, 9.17) is 4.74 Å². The molecule has 29 heavy (non-hydrogen) atoms. The van der Waals surface area contributed by atoms with E-state index in [0.29, 0.717) is 25.3 Å². The van der Waals surface area contributed by atoms with Gasteiger partial charge in [0.2, 0.25) is 15.9 Å². The third-order valence-corrected chi connectivity index (χ3v) is 6.26. The molecule has 0 radical (unpaired) electrons. The lowest BCUT2D eigenvalue weighted by Crippen LogP contribution is -2.33. The number of hydrogen-bond acceptors (Lipinski definition) is 5. The normalized spacial score (nSPS) is 11.1. The third-order valence-electron chi connectivity index (χ3n) is 4.29. The summed E-state index contributed by atoms with van der Waals surface area (Å²) in [4.78, 5) is 13.0. The van der Waals surface area contributed by atoms with Gasteiger partial charge in [-0.2, -0.15) is 0 Å². The molecule has 6 nitrogen and oxygen atoms in total. The number of para-hydroxylation sites is 2. The van der Waals surface area contributed by atoms with E-state index >= 15 is 0 Å². The summed E-state index contributed by atoms with van der Waals surface area (Å²) in [5, 5.41) is 2.81. The number of amides is 1. The lowest BCUT2D eigenvalue weighted by atomic mass is 10.2. The Morgan fingerprint density at radius 1 is 1.14 bits per heavy atom. The van der Waals surface area contributed by atoms with Crippen LogP contribution in [0.25, 0.3) is 0 Å². The molecule has 0 aliphatic heterocycles. The lowest BCUT2D eigenvalue weighted by Gasteiger charge is -2.24. The molecule has 0 aromatic heterocycles. The number of carbonyl (C=O) groups is 1. The number of nitrogens with zero attached hydrogens (tertiary/aromatic N) is 1. The number of rotatable bonds is 11. The molecule has 0 saturated carbocycles. The van der Waals surface area contributed by atoms with Crippen LogP contribution in [0, 0.1) is 6.92 Å². The average molecular weight is 437 g/mol. The molecule has 0 fully saturated rings. The predicted molar refractivity (Wildman–Crippen MR) is 119 cm³/mol. The van der Waals surface area contributed by atoms with Crippen molar-refractivity contribution in [3.8, 4) is 5.75 Å². The highest BCUT2D eigenvalue weighted by Gasteiger charge is 2.20. The number of aryl methyl sites for hydroxylation is 1. The van der Waals surface area contributed by atoms with Crippen LogP contribution in [0.15, 0.2) is 53.4 Å². The predicted octanol–water partition coefficient (Wildman–Crippen LogP) is 3.46. The zero-order valence-electron chi connectivity index (χ0n) is 17.1. The van der Waals surface area contributed by atoms with Gasteiger partial charge in [-0.25, -0.2) is 8.42 Å². The van der Waals surface area contributed by atoms with E-state index < -0.39 is 10.0 Å². The fraction of sp³-hybridized carbons (Fsp3) is 0.381. The van der Waals surface area contributed by atoms with E-state index in [1.54, 1.807) is 6.07 Å². The molecule has 0 unspecified atom stereocenters. The van der Waals surface area contributed by atoms with Crippen LogP contribution in [0.2, 0.25) is 0 Å². The van der Waals surface area contributed by atoms with E-state index in [-0.39, 0.29) is 18.9 Å². The Bertz CT molecular complexity index is 916. The molecule has 0 spiro atoms. The van der Waals surface area contributed by atoms with E-state index in [9.17, 15) is 13.2 Å². The monoisotopic (exact) mass is 436 g/mol. The van der Waals surface area contributed by atoms with Crippen LogP contribution in [0.3, 0.4) is 0 Å². The summed E-state index contributed by atoms with van der Waals surface area (Å²) in [5.41, 5.74) is 1.69. The van der Waals surface area contributed by atoms with Crippen molar-refractivity contribution in [2.24, 2.45) is 0 Å². The summed E-state index contributed by atoms with van der Waals surface area (Å²) in [6.07, 6.45) is 3.77. The maximum Gasteiger partial charge on any atom is 0.232 e. The van der Waals surface area contributed by atoms with Crippen LogP contribution in [0.1, 0.15) is 18.4 Å². The SMILES string of the molecule is CSc1ccccc1N(CCCC(=O)NCCOc1ccccc1C)S(C)(=O)=O. The number of nitrogens with one attached hydrogen (secondary N) is 1. The number of carbonyl (C=O) groups excluding carboxylic acids is 1. The number of ether oxygens (including phenoxy) is 1. The number of anilines is 1. The minimum Gasteiger partial charge on any atom is -0.491 e. The first-order chi connectivity index (χ1) is 13.8. The van der Waals surface area contributed by atoms with Crippen LogP contribution < -0.4 is 14.4 Å². The zero-order valence-corrected chi connectivity index (χ0v) is 18.7. The Hall–Kier alpha value is -2.19. The molecule has 0 aliphatic rings. The van der Waals surface area contributed by atoms with E-state index in [1.165, 1.54) is 22.3 Å². The molecule has 2 rings (SSSR count). The zero-order chi connectivity index (χ0) is 21.3. The Balaban J connectivity index is 1.80. The highest BCUT2D eigenvalue weighted by molar-refractivity contribution is 7.99. The Labute approximate surface area is 177 Å². The summed E-state index contributed by atoms with van der Waals surface area (Å²) >= 11 is 1.49. The number of hydrogen-bond donors (Lipinski definition) is 1. The quantitative estimate of drug-likeness (QED) is 0.431. The Morgan fingerprint density at radius 3 is 2.52 bits per heavy atom. The highest BCUT2D eigenvalue weighted by Crippen LogP contribution is 2.30. The van der Waals surface area contributed by atoms with Gasteiger partial charge in [-0.05, 0) is 43.4 Å². The second-order valence-electron chi connectivity index (χ2n) is 6.57. The molecular weight excluding hydrogens is 408 g/mol. The van der Waals surface area contributed by atoms with Gasteiger partial charge in [0.05, 0.1) is 18.5 Å². The van der Waals surface area contributed by atoms with Gasteiger partial charge >= 0.3 is 0 Å². The maximum atomic E-state index is 12.2. The smallest absolute Gasteiger partial charge is 0.232 e. The number of sulfonamides is 1. The van der Waals surface area contributed by atoms with Gasteiger partial charge in [-0.15, -0.1) is 11.8 Å². The van der Waals surface area contributed by atoms with Gasteiger partial charge in [0.1, 0.15) is 12.4 Å². The van der Waals surface area contributed by atoms with Crippen molar-refractivity contribution in [1.29, 1.82) is 0 Å². The van der Waals surface area contributed by atoms with Gasteiger partial charge in [-0.1, -0.05) is 30.3 Å². The van der Waals surface area contributed by atoms with Gasteiger partial charge in [0.25, 0.3) is 0 Å². The fourth-order valence-corrected chi connectivity index (χ4v) is 4.48. The van der Waals surface area contributed by atoms with Crippen molar-refractivity contribution >= 4 is 33.4 Å². The molecule has 1 N–H and O–H groups in total. The van der Waals surface area contributed by atoms with Gasteiger partial charge < -0.3 is 10.1 Å². The first-order valence-corrected chi connectivity index (χ1v) is 12.5. The first kappa shape index (κ1) is 23.1. The molecule has 8 heteroatoms. The molecule has 2 aromatic rings. The maximum absolute atomic E-state index is 12.2. The Kier molecular flexibility index (Phi) is 8.85. The molecular formula is C21H28N2O4S2. The van der Waals surface area contributed by atoms with Gasteiger partial charge in [0.15, 0.2) is 0 Å². The van der Waals surface area contributed by atoms with Crippen molar-refractivity contribution in [2.45, 2.75) is 24.7 Å². The van der Waals surface area contributed by atoms with Crippen LogP contribution in [-0.2, 0) is 14.8 Å². The van der Waals surface area contributed by atoms with E-state index in [0.717, 1.165) is 16.2 Å². The molecule has 0 saturated heterocycles. The second-order valence-corrected chi connectivity index (χ2v) is 9.33. The first-order valence-electron chi connectivity index (χ1n) is 9.39. The molecule has 0 heterocycles. The van der Waals surface area contributed by atoms with Crippen LogP contribution in [-0.4, -0.2) is 46.5 Å². The number of benzene rings is 2. The van der Waals surface area contributed by atoms with Gasteiger partial charge in [-0.3, -0.25) is 9.10 Å². The van der Waals surface area contributed by atoms with Crippen LogP contribution in [0.4, 0.5) is 5.69 Å². The van der Waals surface area contributed by atoms with E-state index in [1.807, 2.05) is 55.6 Å². The molecule has 158 valence electrons. The molecule has 2 aromatic carbocycles. The van der Waals surface area contributed by atoms with Crippen molar-refractivity contribution in [3.05, 3.63) is 54.1 Å². The minimum absolute atomic E-state index is 0.120. The topological polar surface area (TPSA) is 75.7 Å². The fourth-order valence-electron chi connectivity index (χ4n) is 2.84. The second kappa shape index (κ2) is 11.1. The molecule has 0 atom stereocenters. The molecule has 0 aliphatic carbocycles. The summed E-state index contributed by atoms with van der Waals surface area (Å²) < 4.78 is 31.5. The Morgan fingerprint density at radius 2 is 1.83 bits per heavy atom. The third kappa shape index (κ3) is 7.29. The van der Waals surface area contributed by atoms with Crippen molar-refractivity contribution < 1.29 is 17.9 Å². The van der Waals surface area contributed by atoms with Crippen LogP contribution >= 0.6 is 11.8 Å². The minimum atomic E-state index is -3.44. The van der Waals surface area contributed by atoms with Crippen molar-refractivity contribution in [3.63, 3.8) is 0 Å². The van der Waals surface area contributed by atoms with Crippen molar-refractivity contribution in [2.75, 3.05) is 36.5 Å². The lowest BCUT2D eigenvalue weighted by molar-refractivity contribution is -0.121. The molecule has 1 amide bonds. The van der Waals surface area contributed by atoms with E-state index in [2.05, 4.69) is 5.32 Å². The summed E-state index contributed by atoms with van der Waals surface area (Å²) in [6, 6.07) is 15.1. The number of thioether (sulfide) groups is 1. The average Bonchev–Trinajstić information content (AvgIpc) is 2.69. The summed E-state index contributed by atoms with van der Waals surface area (Å²) in [6.45, 7) is 3.01. The highest BCUT2D eigenvalue weighted by atomic mass is 32.2. The standard InChI is InChI=1S/C21H28N2O4S2/c1-17-9-4-6-11-19(17)27-16-14-22-21(24)13-8-15-23(29(3,25)26)18-10-5-7-12-20(18)28-2/h4-7,9-12H,8,13-16H2,1-3H3,(H,22,24). The van der Waals surface area contributed by atoms with Crippen LogP contribution in [0.5, 0.6) is 5.75 Å². The van der Waals surface area contributed by atoms with Crippen molar-refractivity contribution in [1.82, 2.24) is 5.32 Å². The molecule has 0 bridgehead atoms. The largest absolute Gasteiger partial charge is 0.491 e.